The van der Waals surface area contributed by atoms with Gasteiger partial charge in [-0.15, -0.1) is 0 Å². The first-order chi connectivity index (χ1) is 6.70. The third kappa shape index (κ3) is 4.15. The monoisotopic (exact) mass is 225 g/mol. The zero-order valence-corrected chi connectivity index (χ0v) is 8.71. The van der Waals surface area contributed by atoms with Gasteiger partial charge in [0.05, 0.1) is 0 Å². The third-order valence-corrected chi connectivity index (χ3v) is 1.51. The second kappa shape index (κ2) is 4.96. The topological polar surface area (TPSA) is 80.0 Å². The van der Waals surface area contributed by atoms with Crippen molar-refractivity contribution in [2.45, 2.75) is 26.1 Å². The number of amidine groups is 1. The number of halogens is 3. The van der Waals surface area contributed by atoms with E-state index in [9.17, 15) is 13.2 Å². The van der Waals surface area contributed by atoms with Crippen LogP contribution >= 0.6 is 0 Å². The summed E-state index contributed by atoms with van der Waals surface area (Å²) in [4.78, 5) is 6.09. The summed E-state index contributed by atoms with van der Waals surface area (Å²) in [6, 6.07) is -0.250. The van der Waals surface area contributed by atoms with Crippen LogP contribution in [0.5, 0.6) is 0 Å². The molecule has 0 saturated carbocycles. The molecule has 0 radical (unpaired) electrons. The van der Waals surface area contributed by atoms with Gasteiger partial charge < -0.3 is 5.73 Å². The summed E-state index contributed by atoms with van der Waals surface area (Å²) in [5, 5.41) is 0.928. The molecule has 0 aliphatic heterocycles. The summed E-state index contributed by atoms with van der Waals surface area (Å²) in [6.07, 6.45) is -4.63. The maximum Gasteiger partial charge on any atom is 0.451 e. The number of aliphatic imine (C=N–C) groups is 2. The van der Waals surface area contributed by atoms with Gasteiger partial charge in [0.2, 0.25) is 11.8 Å². The molecule has 0 aliphatic rings. The number of hydrogen-bond acceptors (Lipinski definition) is 2. The lowest BCUT2D eigenvalue weighted by Crippen LogP contribution is -2.48. The number of nitrogens with two attached hydrogens (primary N) is 2. The molecule has 0 aromatic heterocycles. The van der Waals surface area contributed by atoms with E-state index >= 15 is 0 Å². The Labute approximate surface area is 85.6 Å². The number of guanidine groups is 1. The van der Waals surface area contributed by atoms with Gasteiger partial charge in [0.25, 0.3) is 0 Å². The lowest BCUT2D eigenvalue weighted by Gasteiger charge is -2.21. The van der Waals surface area contributed by atoms with E-state index in [1.54, 1.807) is 13.8 Å². The normalized spacial score (nSPS) is 14.7. The van der Waals surface area contributed by atoms with Crippen LogP contribution < -0.4 is 11.6 Å². The lowest BCUT2D eigenvalue weighted by molar-refractivity contribution is -0.0598. The standard InChI is InChI=1S/C7H14F3N5/c1-4(2)15(12)6(11)14-5(13-3)7(8,9)10/h4H,12H2,1-3H3,(H2,11,13,14). The second-order valence-electron chi connectivity index (χ2n) is 3.02. The molecule has 0 aliphatic carbocycles. The van der Waals surface area contributed by atoms with Crippen LogP contribution in [0, 0.1) is 0 Å². The van der Waals surface area contributed by atoms with Crippen molar-refractivity contribution in [2.24, 2.45) is 21.6 Å². The highest BCUT2D eigenvalue weighted by Gasteiger charge is 2.36. The minimum Gasteiger partial charge on any atom is -0.368 e. The van der Waals surface area contributed by atoms with Crippen LogP contribution in [0.2, 0.25) is 0 Å². The van der Waals surface area contributed by atoms with Crippen LogP contribution in [-0.4, -0.2) is 36.1 Å². The summed E-state index contributed by atoms with van der Waals surface area (Å²) in [6.45, 7) is 3.33. The van der Waals surface area contributed by atoms with E-state index in [4.69, 9.17) is 11.6 Å². The minimum atomic E-state index is -4.63. The molecule has 0 rings (SSSR count). The Bertz CT molecular complexity index is 268. The summed E-state index contributed by atoms with van der Waals surface area (Å²) in [5.74, 6) is 3.62. The highest BCUT2D eigenvalue weighted by molar-refractivity contribution is 5.98. The van der Waals surface area contributed by atoms with E-state index in [2.05, 4.69) is 9.98 Å². The van der Waals surface area contributed by atoms with Crippen molar-refractivity contribution in [3.63, 3.8) is 0 Å². The maximum atomic E-state index is 12.2. The predicted octanol–water partition coefficient (Wildman–Crippen LogP) is 0.476. The third-order valence-electron chi connectivity index (χ3n) is 1.51. The molecule has 88 valence electrons. The molecule has 4 N–H and O–H groups in total. The summed E-state index contributed by atoms with van der Waals surface area (Å²) in [5.41, 5.74) is 5.26. The molecule has 5 nitrogen and oxygen atoms in total. The van der Waals surface area contributed by atoms with Gasteiger partial charge in [-0.3, -0.25) is 10.0 Å². The molecule has 0 amide bonds. The number of hydrogen-bond donors (Lipinski definition) is 2. The molecule has 0 atom stereocenters. The fourth-order valence-corrected chi connectivity index (χ4v) is 0.671. The Morgan fingerprint density at radius 1 is 1.33 bits per heavy atom. The average Bonchev–Trinajstić information content (AvgIpc) is 2.10. The van der Waals surface area contributed by atoms with E-state index in [0.29, 0.717) is 0 Å². The summed E-state index contributed by atoms with van der Waals surface area (Å²) < 4.78 is 36.6. The maximum absolute atomic E-state index is 12.2. The fraction of sp³-hybridized carbons (Fsp3) is 0.714. The zero-order valence-electron chi connectivity index (χ0n) is 8.71. The highest BCUT2D eigenvalue weighted by atomic mass is 19.4. The van der Waals surface area contributed by atoms with Crippen LogP contribution in [0.15, 0.2) is 9.98 Å². The average molecular weight is 225 g/mol. The molecule has 0 aromatic carbocycles. The van der Waals surface area contributed by atoms with Crippen LogP contribution in [0.3, 0.4) is 0 Å². The molecular formula is C7H14F3N5. The van der Waals surface area contributed by atoms with E-state index in [1.807, 2.05) is 0 Å². The quantitative estimate of drug-likeness (QED) is 0.295. The minimum absolute atomic E-state index is 0.250. The van der Waals surface area contributed by atoms with E-state index in [0.717, 1.165) is 12.1 Å². The van der Waals surface area contributed by atoms with Crippen LogP contribution in [0.25, 0.3) is 0 Å². The summed E-state index contributed by atoms with van der Waals surface area (Å²) >= 11 is 0. The lowest BCUT2D eigenvalue weighted by atomic mass is 10.4. The van der Waals surface area contributed by atoms with Crippen molar-refractivity contribution in [1.29, 1.82) is 0 Å². The van der Waals surface area contributed by atoms with Crippen molar-refractivity contribution in [3.05, 3.63) is 0 Å². The number of hydrazine groups is 1. The largest absolute Gasteiger partial charge is 0.451 e. The van der Waals surface area contributed by atoms with Gasteiger partial charge in [-0.05, 0) is 13.8 Å². The molecule has 15 heavy (non-hydrogen) atoms. The highest BCUT2D eigenvalue weighted by Crippen LogP contribution is 2.17. The van der Waals surface area contributed by atoms with Gasteiger partial charge in [0, 0.05) is 13.1 Å². The number of rotatable bonds is 1. The smallest absolute Gasteiger partial charge is 0.368 e. The first-order valence-electron chi connectivity index (χ1n) is 4.12. The molecule has 0 saturated heterocycles. The summed E-state index contributed by atoms with van der Waals surface area (Å²) in [7, 11) is 0.982. The Morgan fingerprint density at radius 2 is 1.80 bits per heavy atom. The van der Waals surface area contributed by atoms with Gasteiger partial charge in [0.1, 0.15) is 0 Å². The Morgan fingerprint density at radius 3 is 2.07 bits per heavy atom. The van der Waals surface area contributed by atoms with Gasteiger partial charge in [0.15, 0.2) is 0 Å². The number of nitrogens with zero attached hydrogens (tertiary/aromatic N) is 3. The number of alkyl halides is 3. The van der Waals surface area contributed by atoms with Crippen LogP contribution in [0.4, 0.5) is 13.2 Å². The zero-order chi connectivity index (χ0) is 12.2. The Kier molecular flexibility index (Phi) is 4.53. The SMILES string of the molecule is C/N=C(\N=C(/N)N(N)C(C)C)C(F)(F)F. The molecular weight excluding hydrogens is 211 g/mol. The molecule has 0 heterocycles. The molecule has 0 fully saturated rings. The molecule has 0 spiro atoms. The van der Waals surface area contributed by atoms with Gasteiger partial charge in [-0.1, -0.05) is 0 Å². The van der Waals surface area contributed by atoms with Gasteiger partial charge >= 0.3 is 6.18 Å². The molecule has 8 heteroatoms. The Balaban J connectivity index is 4.89. The Hall–Kier alpha value is -1.31. The predicted molar refractivity (Wildman–Crippen MR) is 52.2 cm³/mol. The molecule has 0 bridgehead atoms. The van der Waals surface area contributed by atoms with E-state index < -0.39 is 18.0 Å². The van der Waals surface area contributed by atoms with Crippen molar-refractivity contribution < 1.29 is 13.2 Å². The first-order valence-corrected chi connectivity index (χ1v) is 4.12. The van der Waals surface area contributed by atoms with Gasteiger partial charge in [-0.2, -0.15) is 18.2 Å². The first kappa shape index (κ1) is 13.7. The van der Waals surface area contributed by atoms with E-state index in [1.165, 1.54) is 0 Å². The molecule has 0 unspecified atom stereocenters. The fourth-order valence-electron chi connectivity index (χ4n) is 0.671. The second-order valence-corrected chi connectivity index (χ2v) is 3.02. The van der Waals surface area contributed by atoms with Crippen molar-refractivity contribution in [1.82, 2.24) is 5.01 Å². The van der Waals surface area contributed by atoms with Gasteiger partial charge in [-0.25, -0.2) is 5.84 Å². The van der Waals surface area contributed by atoms with Crippen molar-refractivity contribution in [3.8, 4) is 0 Å². The van der Waals surface area contributed by atoms with Crippen LogP contribution in [-0.2, 0) is 0 Å². The molecule has 0 aromatic rings. The van der Waals surface area contributed by atoms with Crippen LogP contribution in [0.1, 0.15) is 13.8 Å². The van der Waals surface area contributed by atoms with Crippen molar-refractivity contribution in [2.75, 3.05) is 7.05 Å². The van der Waals surface area contributed by atoms with E-state index in [-0.39, 0.29) is 6.04 Å². The van der Waals surface area contributed by atoms with Crippen molar-refractivity contribution >= 4 is 11.8 Å².